The maximum absolute atomic E-state index is 4.11. The Labute approximate surface area is 170 Å². The molecule has 1 aliphatic heterocycles. The van der Waals surface area contributed by atoms with Gasteiger partial charge in [0.2, 0.25) is 0 Å². The van der Waals surface area contributed by atoms with Crippen LogP contribution in [0.1, 0.15) is 46.0 Å². The van der Waals surface area contributed by atoms with E-state index in [9.17, 15) is 0 Å². The van der Waals surface area contributed by atoms with Crippen molar-refractivity contribution in [1.29, 1.82) is 0 Å². The Bertz CT molecular complexity index is 712. The first-order valence-electron chi connectivity index (χ1n) is 9.99. The van der Waals surface area contributed by atoms with Crippen molar-refractivity contribution in [2.24, 2.45) is 11.8 Å². The topological polar surface area (TPSA) is 0 Å². The summed E-state index contributed by atoms with van der Waals surface area (Å²) in [5.41, 5.74) is 4.23. The molecular weight excluding hydrogens is 344 g/mol. The van der Waals surface area contributed by atoms with Crippen LogP contribution in [0, 0.1) is 11.8 Å². The van der Waals surface area contributed by atoms with Gasteiger partial charge in [-0.05, 0) is 60.7 Å². The van der Waals surface area contributed by atoms with E-state index in [0.29, 0.717) is 11.8 Å². The molecule has 3 atom stereocenters. The lowest BCUT2D eigenvalue weighted by Gasteiger charge is -2.45. The van der Waals surface area contributed by atoms with Crippen molar-refractivity contribution >= 4 is 11.8 Å². The third-order valence-electron chi connectivity index (χ3n) is 6.05. The zero-order chi connectivity index (χ0) is 19.9. The summed E-state index contributed by atoms with van der Waals surface area (Å²) < 4.78 is 0.283. The van der Waals surface area contributed by atoms with Crippen LogP contribution in [0.15, 0.2) is 96.5 Å². The molecule has 2 rings (SSSR count). The van der Waals surface area contributed by atoms with Crippen LogP contribution in [0.2, 0.25) is 0 Å². The molecule has 0 aromatic carbocycles. The summed E-state index contributed by atoms with van der Waals surface area (Å²) >= 11 is 2.06. The molecular formula is C26H34S. The van der Waals surface area contributed by atoms with E-state index in [0.717, 1.165) is 12.8 Å². The summed E-state index contributed by atoms with van der Waals surface area (Å²) in [4.78, 5) is 1.34. The monoisotopic (exact) mass is 378 g/mol. The van der Waals surface area contributed by atoms with E-state index in [4.69, 9.17) is 0 Å². The van der Waals surface area contributed by atoms with Gasteiger partial charge in [0.05, 0.1) is 0 Å². The second-order valence-electron chi connectivity index (χ2n) is 7.67. The molecule has 0 amide bonds. The van der Waals surface area contributed by atoms with E-state index >= 15 is 0 Å². The molecule has 0 saturated carbocycles. The molecule has 0 aromatic rings. The van der Waals surface area contributed by atoms with Crippen LogP contribution >= 0.6 is 11.8 Å². The fourth-order valence-corrected chi connectivity index (χ4v) is 5.97. The molecule has 1 aliphatic carbocycles. The summed E-state index contributed by atoms with van der Waals surface area (Å²) in [6, 6.07) is 0. The zero-order valence-electron chi connectivity index (χ0n) is 17.0. The van der Waals surface area contributed by atoms with Crippen molar-refractivity contribution in [1.82, 2.24) is 0 Å². The predicted octanol–water partition coefficient (Wildman–Crippen LogP) is 8.12. The first-order valence-corrected chi connectivity index (χ1v) is 10.8. The van der Waals surface area contributed by atoms with E-state index in [1.807, 2.05) is 24.3 Å². The minimum atomic E-state index is 0.283. The van der Waals surface area contributed by atoms with Gasteiger partial charge in [-0.3, -0.25) is 0 Å². The number of hydrogen-bond donors (Lipinski definition) is 0. The molecule has 27 heavy (non-hydrogen) atoms. The molecule has 0 nitrogen and oxygen atoms in total. The fraction of sp³-hybridized carbons (Fsp3) is 0.385. The second-order valence-corrected chi connectivity index (χ2v) is 9.13. The lowest BCUT2D eigenvalue weighted by molar-refractivity contribution is 0.306. The standard InChI is InChI=1S/C26H34S/c1-7-11-13-23-16-18-26(27-25(23)10-4)17-15-22(9-3)24(14-12-8-2)20(5)19-21(26)6/h7-14,20-21H,1-4,15-19H2,5-6H3/b13-11-,14-12-,24-22-. The fourth-order valence-electron chi connectivity index (χ4n) is 4.44. The van der Waals surface area contributed by atoms with E-state index in [1.165, 1.54) is 40.9 Å². The summed E-state index contributed by atoms with van der Waals surface area (Å²) in [6.07, 6.45) is 22.2. The van der Waals surface area contributed by atoms with E-state index < -0.39 is 0 Å². The van der Waals surface area contributed by atoms with Gasteiger partial charge in [-0.1, -0.05) is 88.8 Å². The Morgan fingerprint density at radius 1 is 0.889 bits per heavy atom. The molecule has 144 valence electrons. The van der Waals surface area contributed by atoms with Crippen LogP contribution in [-0.4, -0.2) is 4.75 Å². The number of hydrogen-bond acceptors (Lipinski definition) is 1. The average molecular weight is 379 g/mol. The van der Waals surface area contributed by atoms with Crippen molar-refractivity contribution < 1.29 is 0 Å². The summed E-state index contributed by atoms with van der Waals surface area (Å²) in [7, 11) is 0. The molecule has 0 N–H and O–H groups in total. The van der Waals surface area contributed by atoms with Crippen LogP contribution in [-0.2, 0) is 0 Å². The van der Waals surface area contributed by atoms with Gasteiger partial charge < -0.3 is 0 Å². The molecule has 0 fully saturated rings. The normalized spacial score (nSPS) is 32.5. The molecule has 1 heteroatoms. The maximum Gasteiger partial charge on any atom is 0.0239 e. The Hall–Kier alpha value is -1.73. The van der Waals surface area contributed by atoms with Gasteiger partial charge in [0, 0.05) is 9.65 Å². The van der Waals surface area contributed by atoms with Crippen LogP contribution in [0.5, 0.6) is 0 Å². The quantitative estimate of drug-likeness (QED) is 0.420. The summed E-state index contributed by atoms with van der Waals surface area (Å²) in [5, 5.41) is 0. The van der Waals surface area contributed by atoms with Gasteiger partial charge >= 0.3 is 0 Å². The highest BCUT2D eigenvalue weighted by molar-refractivity contribution is 8.04. The minimum Gasteiger partial charge on any atom is -0.119 e. The molecule has 0 bridgehead atoms. The molecule has 2 aliphatic rings. The van der Waals surface area contributed by atoms with Crippen LogP contribution < -0.4 is 0 Å². The molecule has 1 spiro atoms. The highest BCUT2D eigenvalue weighted by Gasteiger charge is 2.41. The molecule has 1 heterocycles. The maximum atomic E-state index is 4.11. The van der Waals surface area contributed by atoms with Gasteiger partial charge in [-0.25, -0.2) is 0 Å². The van der Waals surface area contributed by atoms with E-state index in [2.05, 4.69) is 76.2 Å². The number of allylic oxidation sites excluding steroid dienone is 11. The van der Waals surface area contributed by atoms with E-state index in [-0.39, 0.29) is 4.75 Å². The van der Waals surface area contributed by atoms with Gasteiger partial charge in [0.15, 0.2) is 0 Å². The Kier molecular flexibility index (Phi) is 7.98. The highest BCUT2D eigenvalue weighted by atomic mass is 32.2. The minimum absolute atomic E-state index is 0.283. The smallest absolute Gasteiger partial charge is 0.0239 e. The van der Waals surface area contributed by atoms with Gasteiger partial charge in [-0.2, -0.15) is 0 Å². The average Bonchev–Trinajstić information content (AvgIpc) is 2.68. The largest absolute Gasteiger partial charge is 0.119 e. The molecule has 0 aromatic heterocycles. The van der Waals surface area contributed by atoms with Gasteiger partial charge in [0.25, 0.3) is 0 Å². The SMILES string of the molecule is C=C/C=C\C1=C(C=C)SC2(CC1)CC/C(C=C)=C(/C=C\C=C)C(C)CC2C. The van der Waals surface area contributed by atoms with Crippen molar-refractivity contribution in [3.63, 3.8) is 0 Å². The number of rotatable bonds is 6. The van der Waals surface area contributed by atoms with Crippen molar-refractivity contribution in [3.05, 3.63) is 96.5 Å². The van der Waals surface area contributed by atoms with Crippen LogP contribution in [0.4, 0.5) is 0 Å². The Morgan fingerprint density at radius 2 is 1.52 bits per heavy atom. The third-order valence-corrected chi connectivity index (χ3v) is 7.91. The third kappa shape index (κ3) is 4.96. The molecule has 3 unspecified atom stereocenters. The summed E-state index contributed by atoms with van der Waals surface area (Å²) in [5.74, 6) is 1.18. The van der Waals surface area contributed by atoms with Crippen LogP contribution in [0.3, 0.4) is 0 Å². The van der Waals surface area contributed by atoms with E-state index in [1.54, 1.807) is 0 Å². The van der Waals surface area contributed by atoms with Gasteiger partial charge in [0.1, 0.15) is 0 Å². The first kappa shape index (κ1) is 21.6. The van der Waals surface area contributed by atoms with Crippen molar-refractivity contribution in [3.8, 4) is 0 Å². The Morgan fingerprint density at radius 3 is 2.11 bits per heavy atom. The van der Waals surface area contributed by atoms with Crippen molar-refractivity contribution in [2.75, 3.05) is 0 Å². The van der Waals surface area contributed by atoms with Crippen molar-refractivity contribution in [2.45, 2.75) is 50.7 Å². The molecule has 0 radical (unpaired) electrons. The highest BCUT2D eigenvalue weighted by Crippen LogP contribution is 2.54. The van der Waals surface area contributed by atoms with Gasteiger partial charge in [-0.15, -0.1) is 11.8 Å². The predicted molar refractivity (Wildman–Crippen MR) is 125 cm³/mol. The second kappa shape index (κ2) is 9.99. The number of thioether (sulfide) groups is 1. The zero-order valence-corrected chi connectivity index (χ0v) is 17.9. The first-order chi connectivity index (χ1) is 13.0. The van der Waals surface area contributed by atoms with Crippen LogP contribution in [0.25, 0.3) is 0 Å². The lowest BCUT2D eigenvalue weighted by atomic mass is 9.73. The lowest BCUT2D eigenvalue weighted by Crippen LogP contribution is -2.37. The Balaban J connectivity index is 2.38. The molecule has 0 saturated heterocycles. The summed E-state index contributed by atoms with van der Waals surface area (Å²) in [6.45, 7) is 20.6.